The summed E-state index contributed by atoms with van der Waals surface area (Å²) in [6, 6.07) is 0.863. The van der Waals surface area contributed by atoms with Gasteiger partial charge in [-0.25, -0.2) is 0 Å². The van der Waals surface area contributed by atoms with Crippen molar-refractivity contribution in [2.75, 3.05) is 6.54 Å². The number of hydrogen-bond donors (Lipinski definition) is 1. The molecule has 1 aromatic rings. The summed E-state index contributed by atoms with van der Waals surface area (Å²) in [5, 5.41) is 8.23. The second-order valence-electron chi connectivity index (χ2n) is 5.87. The number of hydrogen-bond acceptors (Lipinski definition) is 2. The number of nitrogens with one attached hydrogen (secondary N) is 1. The van der Waals surface area contributed by atoms with Crippen LogP contribution in [0.1, 0.15) is 62.4 Å². The van der Waals surface area contributed by atoms with E-state index in [0.29, 0.717) is 0 Å². The van der Waals surface area contributed by atoms with Crippen LogP contribution in [0.15, 0.2) is 0 Å². The third kappa shape index (κ3) is 4.34. The van der Waals surface area contributed by atoms with Crippen LogP contribution in [-0.4, -0.2) is 22.4 Å². The third-order valence-corrected chi connectivity index (χ3v) is 4.19. The van der Waals surface area contributed by atoms with Crippen molar-refractivity contribution < 1.29 is 0 Å². The molecule has 0 bridgehead atoms. The van der Waals surface area contributed by atoms with Crippen molar-refractivity contribution in [3.63, 3.8) is 0 Å². The van der Waals surface area contributed by atoms with Crippen molar-refractivity contribution in [3.8, 4) is 0 Å². The first kappa shape index (κ1) is 14.6. The van der Waals surface area contributed by atoms with Gasteiger partial charge in [0.1, 0.15) is 0 Å². The first-order chi connectivity index (χ1) is 9.22. The van der Waals surface area contributed by atoms with Crippen LogP contribution in [0.25, 0.3) is 0 Å². The summed E-state index contributed by atoms with van der Waals surface area (Å²) in [7, 11) is 0. The molecule has 0 atom stereocenters. The predicted octanol–water partition coefficient (Wildman–Crippen LogP) is 3.37. The van der Waals surface area contributed by atoms with Crippen LogP contribution in [-0.2, 0) is 13.0 Å². The van der Waals surface area contributed by atoms with Gasteiger partial charge in [-0.1, -0.05) is 19.8 Å². The fourth-order valence-corrected chi connectivity index (χ4v) is 2.80. The van der Waals surface area contributed by atoms with Crippen LogP contribution < -0.4 is 5.32 Å². The van der Waals surface area contributed by atoms with E-state index in [4.69, 9.17) is 0 Å². The molecule has 1 saturated carbocycles. The van der Waals surface area contributed by atoms with E-state index in [1.807, 2.05) is 0 Å². The van der Waals surface area contributed by atoms with Gasteiger partial charge in [-0.15, -0.1) is 0 Å². The van der Waals surface area contributed by atoms with Crippen LogP contribution in [0, 0.1) is 13.8 Å². The maximum Gasteiger partial charge on any atom is 0.0628 e. The van der Waals surface area contributed by atoms with Crippen molar-refractivity contribution in [2.45, 2.75) is 78.3 Å². The summed E-state index contributed by atoms with van der Waals surface area (Å²) >= 11 is 0. The van der Waals surface area contributed by atoms with E-state index in [1.165, 1.54) is 62.0 Å². The highest BCUT2D eigenvalue weighted by atomic mass is 15.3. The number of unbranched alkanes of at least 4 members (excludes halogenated alkanes) is 3. The van der Waals surface area contributed by atoms with Crippen LogP contribution >= 0.6 is 0 Å². The molecular formula is C16H29N3. The van der Waals surface area contributed by atoms with Crippen molar-refractivity contribution >= 4 is 0 Å². The lowest BCUT2D eigenvalue weighted by atomic mass is 10.1. The summed E-state index contributed by atoms with van der Waals surface area (Å²) in [6.07, 6.45) is 9.16. The normalized spacial score (nSPS) is 15.1. The molecular weight excluding hydrogens is 234 g/mol. The Bertz CT molecular complexity index is 391. The summed E-state index contributed by atoms with van der Waals surface area (Å²) in [5.41, 5.74) is 4.03. The Morgan fingerprint density at radius 1 is 1.16 bits per heavy atom. The first-order valence-corrected chi connectivity index (χ1v) is 7.98. The quantitative estimate of drug-likeness (QED) is 0.692. The summed E-state index contributed by atoms with van der Waals surface area (Å²) in [4.78, 5) is 0. The Morgan fingerprint density at radius 3 is 2.53 bits per heavy atom. The van der Waals surface area contributed by atoms with Gasteiger partial charge < -0.3 is 5.32 Å². The zero-order valence-corrected chi connectivity index (χ0v) is 12.8. The van der Waals surface area contributed by atoms with Gasteiger partial charge in [0, 0.05) is 18.3 Å². The van der Waals surface area contributed by atoms with E-state index in [1.54, 1.807) is 0 Å². The molecule has 1 fully saturated rings. The fourth-order valence-electron chi connectivity index (χ4n) is 2.80. The number of aryl methyl sites for hydroxylation is 2. The van der Waals surface area contributed by atoms with E-state index < -0.39 is 0 Å². The Morgan fingerprint density at radius 2 is 1.89 bits per heavy atom. The molecule has 0 amide bonds. The molecule has 3 nitrogen and oxygen atoms in total. The Kier molecular flexibility index (Phi) is 5.44. The van der Waals surface area contributed by atoms with Crippen molar-refractivity contribution in [3.05, 3.63) is 17.0 Å². The molecule has 0 unspecified atom stereocenters. The maximum atomic E-state index is 4.65. The lowest BCUT2D eigenvalue weighted by molar-refractivity contribution is 0.515. The Balaban J connectivity index is 1.59. The highest BCUT2D eigenvalue weighted by molar-refractivity contribution is 5.24. The monoisotopic (exact) mass is 263 g/mol. The average molecular weight is 263 g/mol. The van der Waals surface area contributed by atoms with Gasteiger partial charge in [-0.2, -0.15) is 5.10 Å². The van der Waals surface area contributed by atoms with Gasteiger partial charge in [0.2, 0.25) is 0 Å². The van der Waals surface area contributed by atoms with E-state index in [0.717, 1.165) is 19.0 Å². The molecule has 3 heteroatoms. The van der Waals surface area contributed by atoms with E-state index in [9.17, 15) is 0 Å². The molecule has 2 rings (SSSR count). The average Bonchev–Trinajstić information content (AvgIpc) is 3.16. The molecule has 0 aliphatic heterocycles. The third-order valence-electron chi connectivity index (χ3n) is 4.19. The summed E-state index contributed by atoms with van der Waals surface area (Å²) in [6.45, 7) is 8.85. The molecule has 1 aliphatic rings. The Labute approximate surface area is 117 Å². The molecule has 1 N–H and O–H groups in total. The molecule has 0 aromatic carbocycles. The van der Waals surface area contributed by atoms with E-state index >= 15 is 0 Å². The zero-order valence-electron chi connectivity index (χ0n) is 12.8. The molecule has 19 heavy (non-hydrogen) atoms. The zero-order chi connectivity index (χ0) is 13.7. The molecule has 1 aromatic heterocycles. The number of nitrogens with zero attached hydrogens (tertiary/aromatic N) is 2. The topological polar surface area (TPSA) is 29.9 Å². The smallest absolute Gasteiger partial charge is 0.0628 e. The van der Waals surface area contributed by atoms with Gasteiger partial charge in [0.25, 0.3) is 0 Å². The lowest BCUT2D eigenvalue weighted by Gasteiger charge is -2.06. The standard InChI is InChI=1S/C16H29N3/c1-4-16-13(2)18-19(14(16)3)12-8-6-5-7-11-17-15-9-10-15/h15,17H,4-12H2,1-3H3. The molecule has 0 spiro atoms. The lowest BCUT2D eigenvalue weighted by Crippen LogP contribution is -2.17. The number of aromatic nitrogens is 2. The minimum absolute atomic E-state index is 0.863. The minimum Gasteiger partial charge on any atom is -0.314 e. The van der Waals surface area contributed by atoms with Gasteiger partial charge >= 0.3 is 0 Å². The van der Waals surface area contributed by atoms with Crippen molar-refractivity contribution in [1.82, 2.24) is 15.1 Å². The first-order valence-electron chi connectivity index (χ1n) is 7.98. The molecule has 0 radical (unpaired) electrons. The van der Waals surface area contributed by atoms with Crippen molar-refractivity contribution in [2.24, 2.45) is 0 Å². The van der Waals surface area contributed by atoms with E-state index in [-0.39, 0.29) is 0 Å². The summed E-state index contributed by atoms with van der Waals surface area (Å²) in [5.74, 6) is 0. The van der Waals surface area contributed by atoms with E-state index in [2.05, 4.69) is 35.9 Å². The highest BCUT2D eigenvalue weighted by Gasteiger charge is 2.19. The van der Waals surface area contributed by atoms with Gasteiger partial charge in [-0.05, 0) is 58.1 Å². The second-order valence-corrected chi connectivity index (χ2v) is 5.87. The Hall–Kier alpha value is -0.830. The van der Waals surface area contributed by atoms with Gasteiger partial charge in [-0.3, -0.25) is 4.68 Å². The molecule has 0 saturated heterocycles. The van der Waals surface area contributed by atoms with Crippen LogP contribution in [0.5, 0.6) is 0 Å². The van der Waals surface area contributed by atoms with Gasteiger partial charge in [0.15, 0.2) is 0 Å². The molecule has 1 aliphatic carbocycles. The van der Waals surface area contributed by atoms with Crippen molar-refractivity contribution in [1.29, 1.82) is 0 Å². The largest absolute Gasteiger partial charge is 0.314 e. The second kappa shape index (κ2) is 7.09. The summed E-state index contributed by atoms with van der Waals surface area (Å²) < 4.78 is 2.20. The highest BCUT2D eigenvalue weighted by Crippen LogP contribution is 2.18. The molecule has 1 heterocycles. The molecule has 108 valence electrons. The van der Waals surface area contributed by atoms with Gasteiger partial charge in [0.05, 0.1) is 5.69 Å². The number of rotatable bonds is 9. The SMILES string of the molecule is CCc1c(C)nn(CCCCCCNC2CC2)c1C. The fraction of sp³-hybridized carbons (Fsp3) is 0.812. The van der Waals surface area contributed by atoms with Crippen LogP contribution in [0.3, 0.4) is 0 Å². The minimum atomic E-state index is 0.863. The predicted molar refractivity (Wildman–Crippen MR) is 80.6 cm³/mol. The van der Waals surface area contributed by atoms with Crippen LogP contribution in [0.4, 0.5) is 0 Å². The van der Waals surface area contributed by atoms with Crippen LogP contribution in [0.2, 0.25) is 0 Å². The maximum absolute atomic E-state index is 4.65.